The van der Waals surface area contributed by atoms with E-state index in [1.807, 2.05) is 24.3 Å². The monoisotopic (exact) mass is 254 g/mol. The second-order valence-electron chi connectivity index (χ2n) is 4.71. The average Bonchev–Trinajstić information content (AvgIpc) is 2.76. The van der Waals surface area contributed by atoms with E-state index in [0.29, 0.717) is 6.42 Å². The van der Waals surface area contributed by atoms with E-state index in [1.165, 1.54) is 0 Å². The Bertz CT molecular complexity index is 731. The number of rotatable bonds is 2. The van der Waals surface area contributed by atoms with Gasteiger partial charge in [0.05, 0.1) is 16.8 Å². The van der Waals surface area contributed by atoms with Crippen LogP contribution < -0.4 is 10.6 Å². The molecule has 0 amide bonds. The zero-order chi connectivity index (χ0) is 13.6. The summed E-state index contributed by atoms with van der Waals surface area (Å²) in [6.07, 6.45) is 2.15. The van der Waals surface area contributed by atoms with Crippen molar-refractivity contribution in [1.82, 2.24) is 4.90 Å². The number of hydrogen-bond donors (Lipinski definition) is 1. The van der Waals surface area contributed by atoms with Gasteiger partial charge in [-0.1, -0.05) is 24.8 Å². The van der Waals surface area contributed by atoms with Crippen LogP contribution in [0.1, 0.15) is 6.42 Å². The maximum Gasteiger partial charge on any atom is 0.326 e. The molecule has 0 fully saturated rings. The van der Waals surface area contributed by atoms with Crippen molar-refractivity contribution in [2.45, 2.75) is 12.5 Å². The van der Waals surface area contributed by atoms with Gasteiger partial charge >= 0.3 is 5.97 Å². The predicted octanol–water partition coefficient (Wildman–Crippen LogP) is 0.657. The first-order valence-electron chi connectivity index (χ1n) is 6.13. The molecule has 19 heavy (non-hydrogen) atoms. The molecule has 0 saturated carbocycles. The van der Waals surface area contributed by atoms with Crippen molar-refractivity contribution in [2.75, 3.05) is 7.05 Å². The molecular weight excluding hydrogens is 240 g/mol. The number of carboxylic acids is 1. The highest BCUT2D eigenvalue weighted by molar-refractivity contribution is 5.81. The SMILES string of the molecule is C=CC1=C2N=c3ccccc3=C2CC(C(=O)O)N1C. The fourth-order valence-corrected chi connectivity index (χ4v) is 2.72. The van der Waals surface area contributed by atoms with Crippen molar-refractivity contribution < 1.29 is 9.90 Å². The normalized spacial score (nSPS) is 20.8. The summed E-state index contributed by atoms with van der Waals surface area (Å²) < 4.78 is 0. The summed E-state index contributed by atoms with van der Waals surface area (Å²) >= 11 is 0. The first-order chi connectivity index (χ1) is 9.13. The van der Waals surface area contributed by atoms with Gasteiger partial charge in [0.2, 0.25) is 0 Å². The van der Waals surface area contributed by atoms with Crippen LogP contribution in [0.4, 0.5) is 0 Å². The van der Waals surface area contributed by atoms with E-state index >= 15 is 0 Å². The minimum absolute atomic E-state index is 0.471. The Hall–Kier alpha value is -2.36. The molecule has 3 rings (SSSR count). The number of para-hydroxylation sites is 1. The van der Waals surface area contributed by atoms with Gasteiger partial charge in [-0.25, -0.2) is 9.79 Å². The highest BCUT2D eigenvalue weighted by atomic mass is 16.4. The van der Waals surface area contributed by atoms with Gasteiger partial charge in [0.1, 0.15) is 6.04 Å². The van der Waals surface area contributed by atoms with E-state index in [1.54, 1.807) is 18.0 Å². The number of carboxylic acid groups (broad SMARTS) is 1. The summed E-state index contributed by atoms with van der Waals surface area (Å²) in [5.74, 6) is -0.821. The molecule has 1 aromatic carbocycles. The van der Waals surface area contributed by atoms with Crippen molar-refractivity contribution in [1.29, 1.82) is 0 Å². The Morgan fingerprint density at radius 2 is 2.26 bits per heavy atom. The van der Waals surface area contributed by atoms with Gasteiger partial charge < -0.3 is 10.0 Å². The van der Waals surface area contributed by atoms with Crippen LogP contribution in [0.15, 0.2) is 53.3 Å². The van der Waals surface area contributed by atoms with E-state index in [0.717, 1.165) is 27.5 Å². The van der Waals surface area contributed by atoms with Crippen molar-refractivity contribution in [3.8, 4) is 0 Å². The standard InChI is InChI=1S/C15H14N2O2/c1-3-12-14-10(8-13(15(18)19)17(12)2)9-6-4-5-7-11(9)16-14/h3-7,13H,1,8H2,2H3,(H,18,19). The van der Waals surface area contributed by atoms with Crippen LogP contribution in [0.3, 0.4) is 0 Å². The third kappa shape index (κ3) is 1.60. The third-order valence-corrected chi connectivity index (χ3v) is 3.71. The molecule has 0 spiro atoms. The van der Waals surface area contributed by atoms with Gasteiger partial charge in [0.15, 0.2) is 0 Å². The number of nitrogens with zero attached hydrogens (tertiary/aromatic N) is 2. The molecule has 4 heteroatoms. The number of likely N-dealkylation sites (N-methyl/N-ethyl adjacent to an activating group) is 1. The Labute approximate surface area is 110 Å². The summed E-state index contributed by atoms with van der Waals surface area (Å²) in [6, 6.07) is 7.27. The Balaban J connectivity index is 2.31. The average molecular weight is 254 g/mol. The molecule has 0 aromatic heterocycles. The molecule has 0 saturated heterocycles. The Morgan fingerprint density at radius 3 is 2.95 bits per heavy atom. The predicted molar refractivity (Wildman–Crippen MR) is 71.7 cm³/mol. The summed E-state index contributed by atoms with van der Waals surface area (Å²) in [4.78, 5) is 17.7. The fraction of sp³-hybridized carbons (Fsp3) is 0.200. The highest BCUT2D eigenvalue weighted by Gasteiger charge is 2.34. The second-order valence-corrected chi connectivity index (χ2v) is 4.71. The molecule has 2 heterocycles. The maximum absolute atomic E-state index is 11.4. The summed E-state index contributed by atoms with van der Waals surface area (Å²) in [5.41, 5.74) is 2.65. The molecule has 2 aliphatic heterocycles. The Kier molecular flexibility index (Phi) is 2.52. The van der Waals surface area contributed by atoms with Gasteiger partial charge in [0, 0.05) is 18.7 Å². The molecule has 2 aliphatic rings. The van der Waals surface area contributed by atoms with Crippen molar-refractivity contribution in [2.24, 2.45) is 4.99 Å². The van der Waals surface area contributed by atoms with Crippen LogP contribution in [0.25, 0.3) is 5.57 Å². The topological polar surface area (TPSA) is 52.9 Å². The van der Waals surface area contributed by atoms with E-state index in [4.69, 9.17) is 0 Å². The van der Waals surface area contributed by atoms with Crippen molar-refractivity contribution >= 4 is 11.5 Å². The lowest BCUT2D eigenvalue weighted by atomic mass is 9.95. The largest absolute Gasteiger partial charge is 0.480 e. The molecule has 96 valence electrons. The number of allylic oxidation sites excluding steroid dienone is 2. The highest BCUT2D eigenvalue weighted by Crippen LogP contribution is 2.33. The number of hydrogen-bond acceptors (Lipinski definition) is 3. The molecule has 1 atom stereocenters. The molecule has 1 N–H and O–H groups in total. The molecule has 0 radical (unpaired) electrons. The van der Waals surface area contributed by atoms with E-state index in [9.17, 15) is 9.90 Å². The van der Waals surface area contributed by atoms with Gasteiger partial charge in [-0.15, -0.1) is 0 Å². The molecule has 4 nitrogen and oxygen atoms in total. The van der Waals surface area contributed by atoms with E-state index in [-0.39, 0.29) is 0 Å². The summed E-state index contributed by atoms with van der Waals surface area (Å²) in [5, 5.41) is 11.3. The zero-order valence-electron chi connectivity index (χ0n) is 10.6. The quantitative estimate of drug-likeness (QED) is 0.843. The second kappa shape index (κ2) is 4.09. The number of carbonyl (C=O) groups is 1. The molecule has 1 aromatic rings. The lowest BCUT2D eigenvalue weighted by Crippen LogP contribution is -2.41. The van der Waals surface area contributed by atoms with Crippen molar-refractivity contribution in [3.05, 3.63) is 58.9 Å². The summed E-state index contributed by atoms with van der Waals surface area (Å²) in [7, 11) is 1.78. The Morgan fingerprint density at radius 1 is 1.53 bits per heavy atom. The van der Waals surface area contributed by atoms with Gasteiger partial charge in [-0.05, 0) is 17.7 Å². The first-order valence-corrected chi connectivity index (χ1v) is 6.13. The lowest BCUT2D eigenvalue weighted by molar-refractivity contribution is -0.141. The minimum Gasteiger partial charge on any atom is -0.480 e. The first kappa shape index (κ1) is 11.7. The van der Waals surface area contributed by atoms with E-state index < -0.39 is 12.0 Å². The zero-order valence-corrected chi connectivity index (χ0v) is 10.6. The minimum atomic E-state index is -0.821. The number of benzene rings is 1. The van der Waals surface area contributed by atoms with Crippen LogP contribution >= 0.6 is 0 Å². The van der Waals surface area contributed by atoms with Gasteiger partial charge in [-0.2, -0.15) is 0 Å². The van der Waals surface area contributed by atoms with Gasteiger partial charge in [0.25, 0.3) is 0 Å². The maximum atomic E-state index is 11.4. The number of aliphatic carboxylic acids is 1. The molecule has 0 aliphatic carbocycles. The van der Waals surface area contributed by atoms with Crippen LogP contribution in [-0.4, -0.2) is 29.1 Å². The lowest BCUT2D eigenvalue weighted by Gasteiger charge is -2.33. The molecular formula is C15H14N2O2. The number of fused-ring (bicyclic) bond motifs is 2. The van der Waals surface area contributed by atoms with Crippen LogP contribution in [0, 0.1) is 0 Å². The molecule has 0 bridgehead atoms. The fourth-order valence-electron chi connectivity index (χ4n) is 2.72. The van der Waals surface area contributed by atoms with Gasteiger partial charge in [-0.3, -0.25) is 0 Å². The smallest absolute Gasteiger partial charge is 0.326 e. The summed E-state index contributed by atoms with van der Waals surface area (Å²) in [6.45, 7) is 3.79. The van der Waals surface area contributed by atoms with Crippen LogP contribution in [0.5, 0.6) is 0 Å². The molecule has 1 unspecified atom stereocenters. The van der Waals surface area contributed by atoms with Crippen molar-refractivity contribution in [3.63, 3.8) is 0 Å². The third-order valence-electron chi connectivity index (χ3n) is 3.71. The van der Waals surface area contributed by atoms with E-state index in [2.05, 4.69) is 11.6 Å². The van der Waals surface area contributed by atoms with Crippen LogP contribution in [0.2, 0.25) is 0 Å². The van der Waals surface area contributed by atoms with Crippen LogP contribution in [-0.2, 0) is 4.79 Å².